The van der Waals surface area contributed by atoms with Crippen LogP contribution in [-0.2, 0) is 27.2 Å². The van der Waals surface area contributed by atoms with Crippen LogP contribution in [0.15, 0.2) is 60.7 Å². The van der Waals surface area contributed by atoms with Gasteiger partial charge in [-0.15, -0.1) is 0 Å². The Morgan fingerprint density at radius 2 is 1.22 bits per heavy atom. The highest BCUT2D eigenvalue weighted by atomic mass is 16.5. The van der Waals surface area contributed by atoms with E-state index in [0.29, 0.717) is 13.0 Å². The number of carboxylic acids is 1. The van der Waals surface area contributed by atoms with E-state index >= 15 is 0 Å². The number of carbonyl (C=O) groups is 2. The number of benzene rings is 2. The Labute approximate surface area is 194 Å². The van der Waals surface area contributed by atoms with Crippen LogP contribution in [0.2, 0.25) is 0 Å². The summed E-state index contributed by atoms with van der Waals surface area (Å²) in [7, 11) is 0. The molecule has 176 valence electrons. The Kier molecular flexibility index (Phi) is 16.4. The average Bonchev–Trinajstić information content (AvgIpc) is 2.81. The first kappa shape index (κ1) is 27.4. The van der Waals surface area contributed by atoms with Gasteiger partial charge in [-0.1, -0.05) is 86.8 Å². The molecule has 0 spiro atoms. The summed E-state index contributed by atoms with van der Waals surface area (Å²) in [6.07, 6.45) is 11.2. The Morgan fingerprint density at radius 1 is 0.688 bits per heavy atom. The second-order valence-electron chi connectivity index (χ2n) is 8.06. The number of aryl methyl sites for hydroxylation is 2. The van der Waals surface area contributed by atoms with E-state index in [9.17, 15) is 9.59 Å². The zero-order chi connectivity index (χ0) is 23.3. The number of aliphatic carboxylic acids is 1. The van der Waals surface area contributed by atoms with Crippen molar-refractivity contribution >= 4 is 11.9 Å². The molecule has 0 bridgehead atoms. The molecular weight excluding hydrogens is 400 g/mol. The van der Waals surface area contributed by atoms with Crippen molar-refractivity contribution in [3.05, 3.63) is 71.8 Å². The molecule has 0 atom stereocenters. The summed E-state index contributed by atoms with van der Waals surface area (Å²) in [5, 5.41) is 8.41. The van der Waals surface area contributed by atoms with Gasteiger partial charge in [0.2, 0.25) is 0 Å². The van der Waals surface area contributed by atoms with Crippen LogP contribution in [0.25, 0.3) is 0 Å². The summed E-state index contributed by atoms with van der Waals surface area (Å²) < 4.78 is 5.20. The predicted molar refractivity (Wildman–Crippen MR) is 131 cm³/mol. The van der Waals surface area contributed by atoms with Crippen molar-refractivity contribution in [3.63, 3.8) is 0 Å². The van der Waals surface area contributed by atoms with E-state index in [1.165, 1.54) is 24.0 Å². The molecule has 0 aromatic heterocycles. The quantitative estimate of drug-likeness (QED) is 0.239. The van der Waals surface area contributed by atoms with Crippen LogP contribution in [0.4, 0.5) is 0 Å². The van der Waals surface area contributed by atoms with Gasteiger partial charge in [0.05, 0.1) is 6.61 Å². The Balaban J connectivity index is 0.000000343. The van der Waals surface area contributed by atoms with Crippen LogP contribution in [0.1, 0.15) is 82.3 Å². The van der Waals surface area contributed by atoms with Gasteiger partial charge >= 0.3 is 11.9 Å². The number of hydrogen-bond acceptors (Lipinski definition) is 3. The Hall–Kier alpha value is -2.62. The van der Waals surface area contributed by atoms with Crippen LogP contribution >= 0.6 is 0 Å². The van der Waals surface area contributed by atoms with Crippen molar-refractivity contribution in [2.24, 2.45) is 0 Å². The first-order valence-corrected chi connectivity index (χ1v) is 12.1. The van der Waals surface area contributed by atoms with Gasteiger partial charge in [0.15, 0.2) is 0 Å². The van der Waals surface area contributed by atoms with Crippen molar-refractivity contribution in [3.8, 4) is 0 Å². The number of hydrogen-bond donors (Lipinski definition) is 1. The SMILES string of the molecule is CCCCCCOC(=O)CCCCc1ccccc1.O=C(O)CCCCc1ccccc1. The molecule has 4 nitrogen and oxygen atoms in total. The molecule has 0 unspecified atom stereocenters. The van der Waals surface area contributed by atoms with E-state index in [4.69, 9.17) is 9.84 Å². The first-order valence-electron chi connectivity index (χ1n) is 12.1. The fraction of sp³-hybridized carbons (Fsp3) is 0.500. The molecule has 2 rings (SSSR count). The van der Waals surface area contributed by atoms with E-state index in [0.717, 1.165) is 51.4 Å². The number of rotatable bonds is 15. The van der Waals surface area contributed by atoms with Gasteiger partial charge < -0.3 is 9.84 Å². The lowest BCUT2D eigenvalue weighted by atomic mass is 10.1. The maximum absolute atomic E-state index is 11.5. The van der Waals surface area contributed by atoms with Gasteiger partial charge in [-0.05, 0) is 56.1 Å². The second kappa shape index (κ2) is 19.1. The maximum atomic E-state index is 11.5. The molecule has 0 saturated carbocycles. The largest absolute Gasteiger partial charge is 0.481 e. The molecule has 2 aromatic carbocycles. The molecule has 0 aliphatic rings. The average molecular weight is 441 g/mol. The molecule has 0 heterocycles. The van der Waals surface area contributed by atoms with Crippen LogP contribution in [-0.4, -0.2) is 23.7 Å². The molecule has 4 heteroatoms. The maximum Gasteiger partial charge on any atom is 0.305 e. The minimum absolute atomic E-state index is 0.0374. The molecule has 0 aliphatic heterocycles. The number of carbonyl (C=O) groups excluding carboxylic acids is 1. The van der Waals surface area contributed by atoms with Gasteiger partial charge in [-0.25, -0.2) is 0 Å². The van der Waals surface area contributed by atoms with Gasteiger partial charge in [-0.3, -0.25) is 9.59 Å². The molecular formula is C28H40O4. The highest BCUT2D eigenvalue weighted by molar-refractivity contribution is 5.69. The summed E-state index contributed by atoms with van der Waals surface area (Å²) in [5.74, 6) is -0.738. The summed E-state index contributed by atoms with van der Waals surface area (Å²) >= 11 is 0. The van der Waals surface area contributed by atoms with Crippen LogP contribution in [0.3, 0.4) is 0 Å². The molecule has 0 radical (unpaired) electrons. The first-order chi connectivity index (χ1) is 15.6. The topological polar surface area (TPSA) is 63.6 Å². The zero-order valence-electron chi connectivity index (χ0n) is 19.6. The monoisotopic (exact) mass is 440 g/mol. The number of unbranched alkanes of at least 4 members (excludes halogenated alkanes) is 5. The predicted octanol–water partition coefficient (Wildman–Crippen LogP) is 7.01. The van der Waals surface area contributed by atoms with Gasteiger partial charge in [0, 0.05) is 12.8 Å². The van der Waals surface area contributed by atoms with Gasteiger partial charge in [-0.2, -0.15) is 0 Å². The van der Waals surface area contributed by atoms with Crippen molar-refractivity contribution < 1.29 is 19.4 Å². The Morgan fingerprint density at radius 3 is 1.72 bits per heavy atom. The van der Waals surface area contributed by atoms with E-state index in [1.54, 1.807) is 0 Å². The summed E-state index contributed by atoms with van der Waals surface area (Å²) in [4.78, 5) is 21.7. The van der Waals surface area contributed by atoms with Crippen molar-refractivity contribution in [2.45, 2.75) is 84.0 Å². The summed E-state index contributed by atoms with van der Waals surface area (Å²) in [5.41, 5.74) is 2.63. The third-order valence-electron chi connectivity index (χ3n) is 5.15. The molecule has 0 fully saturated rings. The molecule has 1 N–H and O–H groups in total. The fourth-order valence-corrected chi connectivity index (χ4v) is 3.28. The lowest BCUT2D eigenvalue weighted by Gasteiger charge is -2.04. The van der Waals surface area contributed by atoms with Crippen LogP contribution in [0.5, 0.6) is 0 Å². The summed E-state index contributed by atoms with van der Waals surface area (Å²) in [6.45, 7) is 2.77. The molecule has 2 aromatic rings. The van der Waals surface area contributed by atoms with Crippen LogP contribution < -0.4 is 0 Å². The van der Waals surface area contributed by atoms with Crippen molar-refractivity contribution in [1.29, 1.82) is 0 Å². The number of ether oxygens (including phenoxy) is 1. The molecule has 0 aliphatic carbocycles. The fourth-order valence-electron chi connectivity index (χ4n) is 3.28. The van der Waals surface area contributed by atoms with E-state index in [2.05, 4.69) is 43.3 Å². The highest BCUT2D eigenvalue weighted by Gasteiger charge is 2.02. The lowest BCUT2D eigenvalue weighted by Crippen LogP contribution is -2.05. The molecule has 0 saturated heterocycles. The van der Waals surface area contributed by atoms with Crippen molar-refractivity contribution in [1.82, 2.24) is 0 Å². The third-order valence-corrected chi connectivity index (χ3v) is 5.15. The lowest BCUT2D eigenvalue weighted by molar-refractivity contribution is -0.144. The summed E-state index contributed by atoms with van der Waals surface area (Å²) in [6, 6.07) is 20.5. The molecule has 32 heavy (non-hydrogen) atoms. The van der Waals surface area contributed by atoms with Gasteiger partial charge in [0.1, 0.15) is 0 Å². The molecule has 0 amide bonds. The third kappa shape index (κ3) is 16.1. The van der Waals surface area contributed by atoms with Crippen molar-refractivity contribution in [2.75, 3.05) is 6.61 Å². The van der Waals surface area contributed by atoms with E-state index in [-0.39, 0.29) is 12.4 Å². The van der Waals surface area contributed by atoms with Crippen LogP contribution in [0, 0.1) is 0 Å². The minimum Gasteiger partial charge on any atom is -0.481 e. The number of esters is 1. The van der Waals surface area contributed by atoms with E-state index < -0.39 is 5.97 Å². The van der Waals surface area contributed by atoms with Gasteiger partial charge in [0.25, 0.3) is 0 Å². The minimum atomic E-state index is -0.701. The number of carboxylic acid groups (broad SMARTS) is 1. The normalized spacial score (nSPS) is 10.2. The second-order valence-corrected chi connectivity index (χ2v) is 8.06. The highest BCUT2D eigenvalue weighted by Crippen LogP contribution is 2.08. The zero-order valence-corrected chi connectivity index (χ0v) is 19.6. The van der Waals surface area contributed by atoms with E-state index in [1.807, 2.05) is 24.3 Å². The standard InChI is InChI=1S/C17H26O2.C11H14O2/c1-2-3-4-10-15-19-17(18)14-9-8-13-16-11-6-5-7-12-16;12-11(13)9-5-4-8-10-6-2-1-3-7-10/h5-7,11-12H,2-4,8-10,13-15H2,1H3;1-3,6-7H,4-5,8-9H2,(H,12,13). The Bertz CT molecular complexity index is 713. The smallest absolute Gasteiger partial charge is 0.305 e.